The molecule has 2 rings (SSSR count). The Bertz CT molecular complexity index is 620. The van der Waals surface area contributed by atoms with E-state index in [1.165, 1.54) is 0 Å². The van der Waals surface area contributed by atoms with Crippen molar-refractivity contribution in [2.75, 3.05) is 11.9 Å². The minimum absolute atomic E-state index is 0.116. The molecular weight excluding hydrogens is 266 g/mol. The third-order valence-corrected chi connectivity index (χ3v) is 3.19. The van der Waals surface area contributed by atoms with Crippen molar-refractivity contribution in [2.45, 2.75) is 26.8 Å². The second-order valence-corrected chi connectivity index (χ2v) is 4.75. The van der Waals surface area contributed by atoms with Gasteiger partial charge in [-0.3, -0.25) is 4.79 Å². The molecule has 1 amide bonds. The van der Waals surface area contributed by atoms with Crippen LogP contribution in [0.15, 0.2) is 24.5 Å². The summed E-state index contributed by atoms with van der Waals surface area (Å²) in [4.78, 5) is 20.9. The number of imidazole rings is 1. The fourth-order valence-corrected chi connectivity index (χ4v) is 2.00. The van der Waals surface area contributed by atoms with Crippen LogP contribution in [-0.2, 0) is 20.0 Å². The second kappa shape index (κ2) is 6.88. The van der Waals surface area contributed by atoms with E-state index in [2.05, 4.69) is 20.6 Å². The van der Waals surface area contributed by atoms with Crippen molar-refractivity contribution >= 4 is 11.7 Å². The molecule has 0 radical (unpaired) electrons. The van der Waals surface area contributed by atoms with Crippen molar-refractivity contribution in [2.24, 2.45) is 7.05 Å². The Morgan fingerprint density at radius 2 is 2.14 bits per heavy atom. The largest absolute Gasteiger partial charge is 0.370 e. The monoisotopic (exact) mass is 287 g/mol. The molecule has 0 unspecified atom stereocenters. The summed E-state index contributed by atoms with van der Waals surface area (Å²) in [5.41, 5.74) is 1.52. The van der Waals surface area contributed by atoms with Gasteiger partial charge in [0, 0.05) is 37.2 Å². The van der Waals surface area contributed by atoms with Crippen molar-refractivity contribution in [3.05, 3.63) is 41.6 Å². The highest BCUT2D eigenvalue weighted by Gasteiger charge is 2.10. The fraction of sp³-hybridized carbons (Fsp3) is 0.400. The summed E-state index contributed by atoms with van der Waals surface area (Å²) in [6.07, 6.45) is 4.36. The van der Waals surface area contributed by atoms with Crippen LogP contribution in [0.2, 0.25) is 0 Å². The van der Waals surface area contributed by atoms with E-state index in [1.54, 1.807) is 12.3 Å². The first-order chi connectivity index (χ1) is 10.1. The summed E-state index contributed by atoms with van der Waals surface area (Å²) in [6, 6.07) is 3.60. The summed E-state index contributed by atoms with van der Waals surface area (Å²) in [7, 11) is 1.90. The number of amides is 1. The van der Waals surface area contributed by atoms with E-state index >= 15 is 0 Å². The van der Waals surface area contributed by atoms with Crippen molar-refractivity contribution in [3.63, 3.8) is 0 Å². The molecule has 0 fully saturated rings. The van der Waals surface area contributed by atoms with Gasteiger partial charge in [-0.1, -0.05) is 6.92 Å². The fourth-order valence-electron chi connectivity index (χ4n) is 2.00. The molecule has 2 aromatic rings. The summed E-state index contributed by atoms with van der Waals surface area (Å²) in [5, 5.41) is 6.03. The predicted molar refractivity (Wildman–Crippen MR) is 82.2 cm³/mol. The molecule has 0 aromatic carbocycles. The first-order valence-electron chi connectivity index (χ1n) is 7.13. The Morgan fingerprint density at radius 1 is 1.33 bits per heavy atom. The molecule has 0 saturated carbocycles. The highest BCUT2D eigenvalue weighted by Crippen LogP contribution is 2.11. The number of pyridine rings is 1. The van der Waals surface area contributed by atoms with Gasteiger partial charge in [0.05, 0.1) is 6.54 Å². The predicted octanol–water partition coefficient (Wildman–Crippen LogP) is 1.74. The summed E-state index contributed by atoms with van der Waals surface area (Å²) < 4.78 is 1.88. The zero-order valence-corrected chi connectivity index (χ0v) is 12.7. The smallest absolute Gasteiger partial charge is 0.251 e. The third-order valence-electron chi connectivity index (χ3n) is 3.19. The zero-order valence-electron chi connectivity index (χ0n) is 12.7. The zero-order chi connectivity index (χ0) is 15.2. The van der Waals surface area contributed by atoms with Gasteiger partial charge < -0.3 is 15.2 Å². The maximum absolute atomic E-state index is 12.3. The van der Waals surface area contributed by atoms with E-state index in [1.807, 2.05) is 37.7 Å². The number of rotatable bonds is 6. The van der Waals surface area contributed by atoms with Gasteiger partial charge in [0.1, 0.15) is 11.6 Å². The average Bonchev–Trinajstić information content (AvgIpc) is 2.90. The highest BCUT2D eigenvalue weighted by molar-refractivity contribution is 5.94. The third kappa shape index (κ3) is 3.81. The maximum Gasteiger partial charge on any atom is 0.251 e. The lowest BCUT2D eigenvalue weighted by molar-refractivity contribution is 0.0949. The first-order valence-corrected chi connectivity index (χ1v) is 7.13. The van der Waals surface area contributed by atoms with E-state index in [0.29, 0.717) is 12.1 Å². The Balaban J connectivity index is 2.10. The summed E-state index contributed by atoms with van der Waals surface area (Å²) in [6.45, 7) is 5.20. The Kier molecular flexibility index (Phi) is 4.92. The van der Waals surface area contributed by atoms with Crippen LogP contribution < -0.4 is 10.6 Å². The Hall–Kier alpha value is -2.37. The molecule has 0 aliphatic heterocycles. The van der Waals surface area contributed by atoms with Gasteiger partial charge in [-0.25, -0.2) is 9.97 Å². The SMILES string of the molecule is CCNc1cc(C(=O)NCc2nccn2C)cc(CC)n1. The van der Waals surface area contributed by atoms with Crippen molar-refractivity contribution in [3.8, 4) is 0 Å². The number of hydrogen-bond acceptors (Lipinski definition) is 4. The number of anilines is 1. The van der Waals surface area contributed by atoms with Crippen LogP contribution in [0, 0.1) is 0 Å². The standard InChI is InChI=1S/C15H21N5O/c1-4-12-8-11(9-13(19-12)16-5-2)15(21)18-10-14-17-6-7-20(14)3/h6-9H,4-5,10H2,1-3H3,(H,16,19)(H,18,21). The second-order valence-electron chi connectivity index (χ2n) is 4.75. The summed E-state index contributed by atoms with van der Waals surface area (Å²) in [5.74, 6) is 1.44. The molecule has 0 aliphatic rings. The molecule has 21 heavy (non-hydrogen) atoms. The number of nitrogens with zero attached hydrogens (tertiary/aromatic N) is 3. The molecule has 2 aromatic heterocycles. The molecule has 6 heteroatoms. The van der Waals surface area contributed by atoms with Crippen LogP contribution in [-0.4, -0.2) is 27.0 Å². The molecule has 0 saturated heterocycles. The van der Waals surface area contributed by atoms with Crippen LogP contribution in [0.1, 0.15) is 35.7 Å². The maximum atomic E-state index is 12.3. The van der Waals surface area contributed by atoms with Crippen molar-refractivity contribution in [1.29, 1.82) is 0 Å². The minimum atomic E-state index is -0.116. The highest BCUT2D eigenvalue weighted by atomic mass is 16.1. The minimum Gasteiger partial charge on any atom is -0.370 e. The number of nitrogens with one attached hydrogen (secondary N) is 2. The van der Waals surface area contributed by atoms with Gasteiger partial charge in [0.15, 0.2) is 0 Å². The molecule has 0 atom stereocenters. The van der Waals surface area contributed by atoms with Gasteiger partial charge in [-0.05, 0) is 25.5 Å². The van der Waals surface area contributed by atoms with E-state index in [-0.39, 0.29) is 5.91 Å². The van der Waals surface area contributed by atoms with Gasteiger partial charge in [0.2, 0.25) is 0 Å². The van der Waals surface area contributed by atoms with Crippen LogP contribution in [0.4, 0.5) is 5.82 Å². The first kappa shape index (κ1) is 15.0. The van der Waals surface area contributed by atoms with Crippen LogP contribution in [0.25, 0.3) is 0 Å². The molecule has 0 spiro atoms. The Morgan fingerprint density at radius 3 is 2.76 bits per heavy atom. The number of carbonyl (C=O) groups excluding carboxylic acids is 1. The van der Waals surface area contributed by atoms with Gasteiger partial charge in [0.25, 0.3) is 5.91 Å². The quantitative estimate of drug-likeness (QED) is 0.849. The molecule has 2 N–H and O–H groups in total. The lowest BCUT2D eigenvalue weighted by Gasteiger charge is -2.09. The molecule has 0 bridgehead atoms. The van der Waals surface area contributed by atoms with Crippen LogP contribution in [0.3, 0.4) is 0 Å². The lowest BCUT2D eigenvalue weighted by atomic mass is 10.2. The molecule has 0 aliphatic carbocycles. The topological polar surface area (TPSA) is 71.8 Å². The average molecular weight is 287 g/mol. The molecule has 2 heterocycles. The van der Waals surface area contributed by atoms with Gasteiger partial charge in [-0.2, -0.15) is 0 Å². The lowest BCUT2D eigenvalue weighted by Crippen LogP contribution is -2.24. The number of aromatic nitrogens is 3. The number of hydrogen-bond donors (Lipinski definition) is 2. The van der Waals surface area contributed by atoms with Crippen molar-refractivity contribution < 1.29 is 4.79 Å². The summed E-state index contributed by atoms with van der Waals surface area (Å²) >= 11 is 0. The van der Waals surface area contributed by atoms with E-state index in [9.17, 15) is 4.79 Å². The van der Waals surface area contributed by atoms with Crippen LogP contribution in [0.5, 0.6) is 0 Å². The van der Waals surface area contributed by atoms with Crippen molar-refractivity contribution in [1.82, 2.24) is 19.9 Å². The number of carbonyl (C=O) groups is 1. The van der Waals surface area contributed by atoms with E-state index in [4.69, 9.17) is 0 Å². The molecular formula is C15H21N5O. The van der Waals surface area contributed by atoms with Crippen LogP contribution >= 0.6 is 0 Å². The normalized spacial score (nSPS) is 10.4. The van der Waals surface area contributed by atoms with E-state index in [0.717, 1.165) is 30.3 Å². The number of aryl methyl sites for hydroxylation is 2. The molecule has 6 nitrogen and oxygen atoms in total. The van der Waals surface area contributed by atoms with E-state index < -0.39 is 0 Å². The molecule has 112 valence electrons. The Labute approximate surface area is 124 Å². The van der Waals surface area contributed by atoms with Gasteiger partial charge >= 0.3 is 0 Å². The van der Waals surface area contributed by atoms with Gasteiger partial charge in [-0.15, -0.1) is 0 Å².